The van der Waals surface area contributed by atoms with Crippen LogP contribution in [0.15, 0.2) is 53.0 Å². The van der Waals surface area contributed by atoms with Crippen molar-refractivity contribution >= 4 is 15.9 Å². The monoisotopic (exact) mass is 344 g/mol. The molecule has 0 aliphatic rings. The van der Waals surface area contributed by atoms with Crippen molar-refractivity contribution in [3.8, 4) is 6.07 Å². The highest BCUT2D eigenvalue weighted by molar-refractivity contribution is 9.10. The van der Waals surface area contributed by atoms with E-state index in [1.807, 2.05) is 18.2 Å². The Balaban J connectivity index is 1.96. The van der Waals surface area contributed by atoms with Crippen molar-refractivity contribution in [2.45, 2.75) is 19.1 Å². The molecule has 0 saturated carbocycles. The van der Waals surface area contributed by atoms with Crippen LogP contribution in [0.25, 0.3) is 0 Å². The Morgan fingerprint density at radius 2 is 1.86 bits per heavy atom. The number of rotatable bonds is 5. The zero-order valence-electron chi connectivity index (χ0n) is 11.8. The minimum atomic E-state index is -0.595. The van der Waals surface area contributed by atoms with Crippen LogP contribution >= 0.6 is 15.9 Å². The first-order valence-corrected chi connectivity index (χ1v) is 7.57. The summed E-state index contributed by atoms with van der Waals surface area (Å²) in [6.07, 6.45) is -0.595. The van der Waals surface area contributed by atoms with Gasteiger partial charge in [-0.1, -0.05) is 46.3 Å². The van der Waals surface area contributed by atoms with Gasteiger partial charge in [0.05, 0.1) is 17.7 Å². The van der Waals surface area contributed by atoms with Crippen molar-refractivity contribution in [1.29, 1.82) is 5.26 Å². The van der Waals surface area contributed by atoms with Crippen LogP contribution < -0.4 is 5.32 Å². The summed E-state index contributed by atoms with van der Waals surface area (Å²) in [5, 5.41) is 22.3. The molecular weight excluding hydrogens is 328 g/mol. The fraction of sp³-hybridized carbons (Fsp3) is 0.235. The maximum atomic E-state index is 10.2. The second kappa shape index (κ2) is 7.37. The Hall–Kier alpha value is -1.67. The molecule has 2 atom stereocenters. The molecule has 0 amide bonds. The standard InChI is InChI=1S/C17H17BrN2O/c1-12(15-4-2-3-5-16(15)18)20-11-17(21)14-8-6-13(10-19)7-9-14/h2-9,12,17,20-21H,11H2,1H3/t12-,17?/m1/s1. The largest absolute Gasteiger partial charge is 0.387 e. The predicted octanol–water partition coefficient (Wildman–Crippen LogP) is 3.70. The molecule has 2 aromatic rings. The average molecular weight is 345 g/mol. The maximum absolute atomic E-state index is 10.2. The minimum absolute atomic E-state index is 0.133. The Bertz CT molecular complexity index is 634. The van der Waals surface area contributed by atoms with Crippen molar-refractivity contribution in [2.24, 2.45) is 0 Å². The first-order chi connectivity index (χ1) is 10.1. The van der Waals surface area contributed by atoms with E-state index in [4.69, 9.17) is 5.26 Å². The Morgan fingerprint density at radius 3 is 2.48 bits per heavy atom. The van der Waals surface area contributed by atoms with Gasteiger partial charge in [0.25, 0.3) is 0 Å². The Labute approximate surface area is 133 Å². The molecule has 0 heterocycles. The van der Waals surface area contributed by atoms with E-state index < -0.39 is 6.10 Å². The molecule has 0 saturated heterocycles. The van der Waals surface area contributed by atoms with Crippen molar-refractivity contribution in [2.75, 3.05) is 6.54 Å². The van der Waals surface area contributed by atoms with Crippen LogP contribution in [0.4, 0.5) is 0 Å². The van der Waals surface area contributed by atoms with Gasteiger partial charge < -0.3 is 10.4 Å². The topological polar surface area (TPSA) is 56.0 Å². The van der Waals surface area contributed by atoms with E-state index in [-0.39, 0.29) is 6.04 Å². The second-order valence-corrected chi connectivity index (χ2v) is 5.76. The Kier molecular flexibility index (Phi) is 5.51. The normalized spacial score (nSPS) is 13.4. The summed E-state index contributed by atoms with van der Waals surface area (Å²) in [6.45, 7) is 2.51. The van der Waals surface area contributed by atoms with Crippen LogP contribution in [0.1, 0.15) is 35.8 Å². The number of hydrogen-bond donors (Lipinski definition) is 2. The number of aliphatic hydroxyl groups is 1. The average Bonchev–Trinajstić information content (AvgIpc) is 2.52. The first kappa shape index (κ1) is 15.7. The SMILES string of the molecule is C[C@@H](NCC(O)c1ccc(C#N)cc1)c1ccccc1Br. The van der Waals surface area contributed by atoms with Crippen LogP contribution in [-0.4, -0.2) is 11.7 Å². The van der Waals surface area contributed by atoms with Gasteiger partial charge in [0.1, 0.15) is 0 Å². The summed E-state index contributed by atoms with van der Waals surface area (Å²) in [5.41, 5.74) is 2.56. The highest BCUT2D eigenvalue weighted by Gasteiger charge is 2.12. The molecule has 0 aliphatic carbocycles. The van der Waals surface area contributed by atoms with Crippen molar-refractivity contribution in [3.63, 3.8) is 0 Å². The van der Waals surface area contributed by atoms with Gasteiger partial charge in [-0.15, -0.1) is 0 Å². The van der Waals surface area contributed by atoms with Gasteiger partial charge in [0.15, 0.2) is 0 Å². The summed E-state index contributed by atoms with van der Waals surface area (Å²) < 4.78 is 1.05. The second-order valence-electron chi connectivity index (χ2n) is 4.90. The number of benzene rings is 2. The number of halogens is 1. The number of nitrogens with zero attached hydrogens (tertiary/aromatic N) is 1. The number of hydrogen-bond acceptors (Lipinski definition) is 3. The molecule has 4 heteroatoms. The lowest BCUT2D eigenvalue weighted by atomic mass is 10.1. The third kappa shape index (κ3) is 4.15. The molecule has 0 radical (unpaired) electrons. The van der Waals surface area contributed by atoms with Crippen LogP contribution in [0.2, 0.25) is 0 Å². The quantitative estimate of drug-likeness (QED) is 0.869. The molecule has 2 rings (SSSR count). The number of nitriles is 1. The lowest BCUT2D eigenvalue weighted by molar-refractivity contribution is 0.171. The van der Waals surface area contributed by atoms with Crippen LogP contribution in [-0.2, 0) is 0 Å². The minimum Gasteiger partial charge on any atom is -0.387 e. The highest BCUT2D eigenvalue weighted by Crippen LogP contribution is 2.23. The van der Waals surface area contributed by atoms with Gasteiger partial charge >= 0.3 is 0 Å². The molecule has 0 bridgehead atoms. The van der Waals surface area contributed by atoms with Crippen molar-refractivity contribution in [1.82, 2.24) is 5.32 Å². The summed E-state index contributed by atoms with van der Waals surface area (Å²) in [4.78, 5) is 0. The summed E-state index contributed by atoms with van der Waals surface area (Å²) in [6, 6.07) is 17.2. The summed E-state index contributed by atoms with van der Waals surface area (Å²) in [5.74, 6) is 0. The molecule has 21 heavy (non-hydrogen) atoms. The molecule has 1 unspecified atom stereocenters. The van der Waals surface area contributed by atoms with E-state index in [0.717, 1.165) is 15.6 Å². The molecule has 0 aromatic heterocycles. The van der Waals surface area contributed by atoms with Gasteiger partial charge in [0, 0.05) is 17.1 Å². The smallest absolute Gasteiger partial charge is 0.0991 e. The third-order valence-corrected chi connectivity index (χ3v) is 4.14. The van der Waals surface area contributed by atoms with Crippen molar-refractivity contribution in [3.05, 3.63) is 69.7 Å². The van der Waals surface area contributed by atoms with E-state index in [1.54, 1.807) is 24.3 Å². The van der Waals surface area contributed by atoms with Gasteiger partial charge in [0.2, 0.25) is 0 Å². The Morgan fingerprint density at radius 1 is 1.19 bits per heavy atom. The molecular formula is C17H17BrN2O. The fourth-order valence-electron chi connectivity index (χ4n) is 2.12. The third-order valence-electron chi connectivity index (χ3n) is 3.41. The molecule has 108 valence electrons. The summed E-state index contributed by atoms with van der Waals surface area (Å²) in [7, 11) is 0. The first-order valence-electron chi connectivity index (χ1n) is 6.77. The van der Waals surface area contributed by atoms with Gasteiger partial charge in [-0.3, -0.25) is 0 Å². The lowest BCUT2D eigenvalue weighted by Crippen LogP contribution is -2.24. The zero-order chi connectivity index (χ0) is 15.2. The molecule has 0 aliphatic heterocycles. The molecule has 0 spiro atoms. The van der Waals surface area contributed by atoms with E-state index in [1.165, 1.54) is 0 Å². The van der Waals surface area contributed by atoms with Crippen LogP contribution in [0.3, 0.4) is 0 Å². The van der Waals surface area contributed by atoms with E-state index in [2.05, 4.69) is 40.3 Å². The molecule has 0 fully saturated rings. The van der Waals surface area contributed by atoms with Gasteiger partial charge in [-0.2, -0.15) is 5.26 Å². The van der Waals surface area contributed by atoms with E-state index >= 15 is 0 Å². The van der Waals surface area contributed by atoms with Gasteiger partial charge in [-0.25, -0.2) is 0 Å². The molecule has 2 N–H and O–H groups in total. The predicted molar refractivity (Wildman–Crippen MR) is 86.7 cm³/mol. The van der Waals surface area contributed by atoms with Crippen LogP contribution in [0.5, 0.6) is 0 Å². The zero-order valence-corrected chi connectivity index (χ0v) is 13.3. The van der Waals surface area contributed by atoms with Crippen LogP contribution in [0, 0.1) is 11.3 Å². The lowest BCUT2D eigenvalue weighted by Gasteiger charge is -2.19. The van der Waals surface area contributed by atoms with Gasteiger partial charge in [-0.05, 0) is 36.2 Å². The molecule has 2 aromatic carbocycles. The number of aliphatic hydroxyl groups excluding tert-OH is 1. The maximum Gasteiger partial charge on any atom is 0.0991 e. The van der Waals surface area contributed by atoms with E-state index in [0.29, 0.717) is 12.1 Å². The summed E-state index contributed by atoms with van der Waals surface area (Å²) >= 11 is 3.53. The van der Waals surface area contributed by atoms with Crippen molar-refractivity contribution < 1.29 is 5.11 Å². The van der Waals surface area contributed by atoms with E-state index in [9.17, 15) is 5.11 Å². The molecule has 3 nitrogen and oxygen atoms in total. The fourth-order valence-corrected chi connectivity index (χ4v) is 2.75. The highest BCUT2D eigenvalue weighted by atomic mass is 79.9. The number of nitrogens with one attached hydrogen (secondary N) is 1.